The van der Waals surface area contributed by atoms with E-state index in [0.717, 1.165) is 22.5 Å². The third-order valence-corrected chi connectivity index (χ3v) is 5.69. The number of hydrogen-bond donors (Lipinski definition) is 1. The summed E-state index contributed by atoms with van der Waals surface area (Å²) in [7, 11) is 3.36. The van der Waals surface area contributed by atoms with E-state index in [2.05, 4.69) is 10.1 Å². The summed E-state index contributed by atoms with van der Waals surface area (Å²) in [4.78, 5) is 1.96. The molecule has 1 aromatic carbocycles. The molecular weight excluding hydrogens is 346 g/mol. The molecule has 25 heavy (non-hydrogen) atoms. The second-order valence-corrected chi connectivity index (χ2v) is 7.34. The third kappa shape index (κ3) is 4.32. The van der Waals surface area contributed by atoms with Gasteiger partial charge in [-0.15, -0.1) is 0 Å². The van der Waals surface area contributed by atoms with Crippen LogP contribution >= 0.6 is 12.2 Å². The lowest BCUT2D eigenvalue weighted by Crippen LogP contribution is -2.44. The highest BCUT2D eigenvalue weighted by Gasteiger charge is 2.39. The Morgan fingerprint density at radius 1 is 1.32 bits per heavy atom. The van der Waals surface area contributed by atoms with Crippen molar-refractivity contribution >= 4 is 17.3 Å². The minimum absolute atomic E-state index is 0.0339. The largest absolute Gasteiger partial charge is 0.493 e. The van der Waals surface area contributed by atoms with Crippen LogP contribution in [0, 0.1) is 11.8 Å². The van der Waals surface area contributed by atoms with Gasteiger partial charge in [-0.2, -0.15) is 8.78 Å². The zero-order valence-corrected chi connectivity index (χ0v) is 15.3. The first-order valence-corrected chi connectivity index (χ1v) is 9.00. The van der Waals surface area contributed by atoms with E-state index in [-0.39, 0.29) is 11.5 Å². The van der Waals surface area contributed by atoms with Crippen molar-refractivity contribution in [2.45, 2.75) is 44.9 Å². The number of halogens is 2. The zero-order chi connectivity index (χ0) is 18.0. The maximum Gasteiger partial charge on any atom is 0.387 e. The van der Waals surface area contributed by atoms with Crippen LogP contribution in [0.4, 0.5) is 8.78 Å². The van der Waals surface area contributed by atoms with Crippen molar-refractivity contribution in [2.24, 2.45) is 11.8 Å². The topological polar surface area (TPSA) is 33.7 Å². The lowest BCUT2D eigenvalue weighted by atomic mass is 9.95. The predicted octanol–water partition coefficient (Wildman–Crippen LogP) is 3.79. The summed E-state index contributed by atoms with van der Waals surface area (Å²) in [5, 5.41) is 4.22. The van der Waals surface area contributed by atoms with E-state index in [4.69, 9.17) is 17.0 Å². The maximum absolute atomic E-state index is 12.4. The molecule has 0 amide bonds. The van der Waals surface area contributed by atoms with Crippen LogP contribution in [0.15, 0.2) is 18.2 Å². The second kappa shape index (κ2) is 7.72. The fraction of sp³-hybridized carbons (Fsp3) is 0.611. The van der Waals surface area contributed by atoms with E-state index in [1.165, 1.54) is 38.9 Å². The molecule has 3 atom stereocenters. The molecule has 2 aliphatic carbocycles. The van der Waals surface area contributed by atoms with Crippen LogP contribution in [-0.4, -0.2) is 36.8 Å². The van der Waals surface area contributed by atoms with Gasteiger partial charge in [0.15, 0.2) is 16.6 Å². The number of benzene rings is 1. The molecule has 1 aromatic rings. The number of thiocarbonyl (C=S) groups is 1. The molecule has 0 radical (unpaired) electrons. The van der Waals surface area contributed by atoms with E-state index in [1.807, 2.05) is 11.9 Å². The summed E-state index contributed by atoms with van der Waals surface area (Å²) >= 11 is 5.53. The van der Waals surface area contributed by atoms with E-state index in [0.29, 0.717) is 12.6 Å². The Labute approximate surface area is 152 Å². The number of fused-ring (bicyclic) bond motifs is 2. The SMILES string of the molecule is COc1cc(CN(C)C(=S)N[C@H]2C[C@H]3CC[C@H]2C3)ccc1OC(F)F. The van der Waals surface area contributed by atoms with Crippen molar-refractivity contribution in [1.29, 1.82) is 0 Å². The quantitative estimate of drug-likeness (QED) is 0.771. The highest BCUT2D eigenvalue weighted by Crippen LogP contribution is 2.44. The number of rotatable bonds is 6. The second-order valence-electron chi connectivity index (χ2n) is 6.95. The average molecular weight is 370 g/mol. The molecule has 2 aliphatic rings. The molecular formula is C18H24F2N2O2S. The molecule has 7 heteroatoms. The van der Waals surface area contributed by atoms with Gasteiger partial charge in [0.05, 0.1) is 7.11 Å². The lowest BCUT2D eigenvalue weighted by Gasteiger charge is -2.28. The Morgan fingerprint density at radius 3 is 2.72 bits per heavy atom. The number of alkyl halides is 2. The highest BCUT2D eigenvalue weighted by molar-refractivity contribution is 7.80. The van der Waals surface area contributed by atoms with Gasteiger partial charge in [0.1, 0.15) is 0 Å². The van der Waals surface area contributed by atoms with Gasteiger partial charge >= 0.3 is 6.61 Å². The Bertz CT molecular complexity index is 629. The highest BCUT2D eigenvalue weighted by atomic mass is 32.1. The van der Waals surface area contributed by atoms with Gasteiger partial charge in [0, 0.05) is 19.6 Å². The standard InChI is InChI=1S/C18H24F2N2O2S/c1-22(18(25)21-14-8-11-3-5-13(14)7-11)10-12-4-6-15(24-17(19)20)16(9-12)23-2/h4,6,9,11,13-14,17H,3,5,7-8,10H2,1-2H3,(H,21,25)/t11-,13-,14-/m0/s1. The molecule has 2 saturated carbocycles. The molecule has 2 fully saturated rings. The van der Waals surface area contributed by atoms with E-state index < -0.39 is 6.61 Å². The molecule has 2 bridgehead atoms. The summed E-state index contributed by atoms with van der Waals surface area (Å²) in [5.74, 6) is 1.94. The number of hydrogen-bond acceptors (Lipinski definition) is 3. The van der Waals surface area contributed by atoms with Crippen LogP contribution in [0.1, 0.15) is 31.2 Å². The first kappa shape index (κ1) is 18.2. The number of nitrogens with one attached hydrogen (secondary N) is 1. The summed E-state index contributed by atoms with van der Waals surface area (Å²) in [5.41, 5.74) is 0.915. The van der Waals surface area contributed by atoms with Gasteiger partial charge in [-0.25, -0.2) is 0 Å². The van der Waals surface area contributed by atoms with E-state index in [1.54, 1.807) is 12.1 Å². The lowest BCUT2D eigenvalue weighted by molar-refractivity contribution is -0.0512. The fourth-order valence-electron chi connectivity index (χ4n) is 4.04. The zero-order valence-electron chi connectivity index (χ0n) is 14.5. The molecule has 0 aromatic heterocycles. The van der Waals surface area contributed by atoms with Gasteiger partial charge in [-0.1, -0.05) is 12.5 Å². The Balaban J connectivity index is 1.58. The third-order valence-electron chi connectivity index (χ3n) is 5.26. The summed E-state index contributed by atoms with van der Waals surface area (Å²) in [6, 6.07) is 5.44. The molecule has 0 heterocycles. The molecule has 1 N–H and O–H groups in total. The van der Waals surface area contributed by atoms with Crippen molar-refractivity contribution < 1.29 is 18.3 Å². The Kier molecular flexibility index (Phi) is 5.61. The molecule has 0 aliphatic heterocycles. The van der Waals surface area contributed by atoms with Gasteiger partial charge in [0.2, 0.25) is 0 Å². The van der Waals surface area contributed by atoms with Crippen LogP contribution in [0.3, 0.4) is 0 Å². The smallest absolute Gasteiger partial charge is 0.387 e. The Morgan fingerprint density at radius 2 is 2.12 bits per heavy atom. The number of ether oxygens (including phenoxy) is 2. The molecule has 0 saturated heterocycles. The van der Waals surface area contributed by atoms with Crippen LogP contribution in [-0.2, 0) is 6.54 Å². The first-order valence-electron chi connectivity index (χ1n) is 8.59. The van der Waals surface area contributed by atoms with Crippen LogP contribution in [0.25, 0.3) is 0 Å². The van der Waals surface area contributed by atoms with E-state index in [9.17, 15) is 8.78 Å². The Hall–Kier alpha value is -1.63. The van der Waals surface area contributed by atoms with Crippen molar-refractivity contribution in [3.05, 3.63) is 23.8 Å². The minimum atomic E-state index is -2.87. The van der Waals surface area contributed by atoms with E-state index >= 15 is 0 Å². The van der Waals surface area contributed by atoms with Gasteiger partial charge in [0.25, 0.3) is 0 Å². The minimum Gasteiger partial charge on any atom is -0.493 e. The number of nitrogens with zero attached hydrogens (tertiary/aromatic N) is 1. The monoisotopic (exact) mass is 370 g/mol. The first-order chi connectivity index (χ1) is 12.0. The normalized spacial score (nSPS) is 24.4. The van der Waals surface area contributed by atoms with Crippen molar-refractivity contribution in [1.82, 2.24) is 10.2 Å². The average Bonchev–Trinajstić information content (AvgIpc) is 3.18. The van der Waals surface area contributed by atoms with Crippen LogP contribution in [0.2, 0.25) is 0 Å². The van der Waals surface area contributed by atoms with Crippen LogP contribution < -0.4 is 14.8 Å². The molecule has 0 spiro atoms. The summed E-state index contributed by atoms with van der Waals surface area (Å²) in [6.07, 6.45) is 5.20. The number of methoxy groups -OCH3 is 1. The van der Waals surface area contributed by atoms with Crippen LogP contribution in [0.5, 0.6) is 11.5 Å². The predicted molar refractivity (Wildman–Crippen MR) is 96.1 cm³/mol. The molecule has 0 unspecified atom stereocenters. The van der Waals surface area contributed by atoms with Gasteiger partial charge in [-0.3, -0.25) is 0 Å². The van der Waals surface area contributed by atoms with Crippen molar-refractivity contribution in [3.63, 3.8) is 0 Å². The maximum atomic E-state index is 12.4. The van der Waals surface area contributed by atoms with Gasteiger partial charge in [-0.05, 0) is 61.0 Å². The molecule has 4 nitrogen and oxygen atoms in total. The fourth-order valence-corrected chi connectivity index (χ4v) is 4.26. The van der Waals surface area contributed by atoms with Crippen molar-refractivity contribution in [2.75, 3.05) is 14.2 Å². The summed E-state index contributed by atoms with van der Waals surface area (Å²) in [6.45, 7) is -2.31. The van der Waals surface area contributed by atoms with Gasteiger partial charge < -0.3 is 19.7 Å². The molecule has 138 valence electrons. The summed E-state index contributed by atoms with van der Waals surface area (Å²) < 4.78 is 34.4. The molecule has 3 rings (SSSR count). The van der Waals surface area contributed by atoms with Crippen molar-refractivity contribution in [3.8, 4) is 11.5 Å².